The highest BCUT2D eigenvalue weighted by atomic mass is 32.2. The molecule has 0 saturated heterocycles. The maximum Gasteiger partial charge on any atom is 0.240 e. The van der Waals surface area contributed by atoms with Crippen molar-refractivity contribution in [3.63, 3.8) is 0 Å². The number of hydrogen-bond acceptors (Lipinski definition) is 8. The molecule has 1 atom stereocenters. The van der Waals surface area contributed by atoms with Crippen molar-refractivity contribution < 1.29 is 13.2 Å². The van der Waals surface area contributed by atoms with Gasteiger partial charge in [-0.3, -0.25) is 9.20 Å². The SMILES string of the molecule is CC1CCc2c(sc3ncn4c(SCC(=O)Nc5ccc(S(=O)(=O)NCc6ccccc6)cc5)nnc4c23)C1. The average Bonchev–Trinajstić information content (AvgIpc) is 3.52. The minimum atomic E-state index is -3.67. The minimum absolute atomic E-state index is 0.122. The number of nitrogens with zero attached hydrogens (tertiary/aromatic N) is 4. The van der Waals surface area contributed by atoms with Gasteiger partial charge in [0, 0.05) is 17.1 Å². The van der Waals surface area contributed by atoms with E-state index in [0.29, 0.717) is 16.8 Å². The van der Waals surface area contributed by atoms with Crippen LogP contribution in [-0.4, -0.2) is 39.7 Å². The van der Waals surface area contributed by atoms with Crippen molar-refractivity contribution in [1.29, 1.82) is 0 Å². The smallest absolute Gasteiger partial charge is 0.240 e. The molecule has 1 unspecified atom stereocenters. The third-order valence-electron chi connectivity index (χ3n) is 6.76. The van der Waals surface area contributed by atoms with Gasteiger partial charge in [0.1, 0.15) is 11.2 Å². The number of rotatable bonds is 8. The van der Waals surface area contributed by atoms with Crippen molar-refractivity contribution in [2.24, 2.45) is 5.92 Å². The molecule has 200 valence electrons. The van der Waals surface area contributed by atoms with Crippen molar-refractivity contribution in [2.75, 3.05) is 11.1 Å². The number of carbonyl (C=O) groups excluding carboxylic acids is 1. The average molecular weight is 579 g/mol. The first-order valence-electron chi connectivity index (χ1n) is 12.6. The van der Waals surface area contributed by atoms with Crippen molar-refractivity contribution in [1.82, 2.24) is 24.3 Å². The first-order chi connectivity index (χ1) is 18.9. The second-order valence-electron chi connectivity index (χ2n) is 9.62. The fourth-order valence-electron chi connectivity index (χ4n) is 4.72. The van der Waals surface area contributed by atoms with E-state index < -0.39 is 10.0 Å². The van der Waals surface area contributed by atoms with Gasteiger partial charge in [-0.1, -0.05) is 49.0 Å². The number of sulfonamides is 1. The van der Waals surface area contributed by atoms with E-state index in [-0.39, 0.29) is 23.1 Å². The monoisotopic (exact) mass is 578 g/mol. The molecule has 0 bridgehead atoms. The summed E-state index contributed by atoms with van der Waals surface area (Å²) in [7, 11) is -3.67. The summed E-state index contributed by atoms with van der Waals surface area (Å²) in [5.74, 6) is 0.572. The molecule has 1 aliphatic carbocycles. The van der Waals surface area contributed by atoms with Crippen LogP contribution >= 0.6 is 23.1 Å². The summed E-state index contributed by atoms with van der Waals surface area (Å²) >= 11 is 3.03. The third kappa shape index (κ3) is 5.42. The highest BCUT2D eigenvalue weighted by Crippen LogP contribution is 2.39. The molecule has 0 aliphatic heterocycles. The van der Waals surface area contributed by atoms with E-state index in [1.807, 2.05) is 34.7 Å². The number of aryl methyl sites for hydroxylation is 1. The molecule has 0 saturated carbocycles. The lowest BCUT2D eigenvalue weighted by Crippen LogP contribution is -2.23. The van der Waals surface area contributed by atoms with Gasteiger partial charge in [0.25, 0.3) is 0 Å². The fraction of sp³-hybridized carbons (Fsp3) is 0.259. The van der Waals surface area contributed by atoms with Crippen LogP contribution in [0.4, 0.5) is 5.69 Å². The zero-order chi connectivity index (χ0) is 27.0. The topological polar surface area (TPSA) is 118 Å². The van der Waals surface area contributed by atoms with Gasteiger partial charge >= 0.3 is 0 Å². The highest BCUT2D eigenvalue weighted by molar-refractivity contribution is 7.99. The van der Waals surface area contributed by atoms with Gasteiger partial charge < -0.3 is 5.32 Å². The first kappa shape index (κ1) is 25.9. The van der Waals surface area contributed by atoms with E-state index in [2.05, 4.69) is 32.1 Å². The zero-order valence-corrected chi connectivity index (χ0v) is 23.6. The van der Waals surface area contributed by atoms with E-state index in [1.54, 1.807) is 29.8 Å². The zero-order valence-electron chi connectivity index (χ0n) is 21.1. The Bertz CT molecular complexity index is 1770. The molecule has 0 spiro atoms. The van der Waals surface area contributed by atoms with E-state index in [4.69, 9.17) is 0 Å². The van der Waals surface area contributed by atoms with Crippen LogP contribution in [-0.2, 0) is 34.2 Å². The van der Waals surface area contributed by atoms with Gasteiger partial charge in [-0.05, 0) is 60.6 Å². The summed E-state index contributed by atoms with van der Waals surface area (Å²) in [4.78, 5) is 19.8. The molecule has 39 heavy (non-hydrogen) atoms. The van der Waals surface area contributed by atoms with Crippen LogP contribution in [0.5, 0.6) is 0 Å². The van der Waals surface area contributed by atoms with Gasteiger partial charge in [0.15, 0.2) is 10.8 Å². The van der Waals surface area contributed by atoms with E-state index in [0.717, 1.165) is 40.7 Å². The van der Waals surface area contributed by atoms with Gasteiger partial charge in [-0.2, -0.15) is 0 Å². The van der Waals surface area contributed by atoms with Crippen molar-refractivity contribution in [2.45, 2.75) is 42.8 Å². The van der Waals surface area contributed by atoms with Crippen molar-refractivity contribution in [3.05, 3.63) is 76.9 Å². The highest BCUT2D eigenvalue weighted by Gasteiger charge is 2.24. The summed E-state index contributed by atoms with van der Waals surface area (Å²) in [6.07, 6.45) is 5.00. The standard InChI is InChI=1S/C27H26N6O3S3/c1-17-7-12-21-22(13-17)38-26-24(21)25-31-32-27(33(25)16-28-26)37-15-23(34)30-19-8-10-20(11-9-19)39(35,36)29-14-18-5-3-2-4-6-18/h2-6,8-11,16-17,29H,7,12-15H2,1H3,(H,30,34). The Morgan fingerprint density at radius 1 is 1.13 bits per heavy atom. The number of fused-ring (bicyclic) bond motifs is 5. The van der Waals surface area contributed by atoms with Crippen molar-refractivity contribution >= 4 is 60.6 Å². The molecule has 5 aromatic rings. The summed E-state index contributed by atoms with van der Waals surface area (Å²) in [6, 6.07) is 15.4. The molecule has 1 aliphatic rings. The lowest BCUT2D eigenvalue weighted by Gasteiger charge is -2.17. The van der Waals surface area contributed by atoms with E-state index in [9.17, 15) is 13.2 Å². The van der Waals surface area contributed by atoms with Gasteiger partial charge in [-0.25, -0.2) is 18.1 Å². The number of hydrogen-bond donors (Lipinski definition) is 2. The predicted octanol–water partition coefficient (Wildman–Crippen LogP) is 4.67. The molecule has 0 radical (unpaired) electrons. The van der Waals surface area contributed by atoms with Crippen LogP contribution < -0.4 is 10.0 Å². The Labute approximate surface area is 234 Å². The lowest BCUT2D eigenvalue weighted by atomic mass is 9.89. The van der Waals surface area contributed by atoms with Gasteiger partial charge in [0.2, 0.25) is 15.9 Å². The van der Waals surface area contributed by atoms with Crippen LogP contribution in [0.1, 0.15) is 29.3 Å². The molecule has 2 N–H and O–H groups in total. The summed E-state index contributed by atoms with van der Waals surface area (Å²) in [5, 5.41) is 13.3. The molecule has 1 amide bonds. The number of thioether (sulfide) groups is 1. The molecular formula is C27H26N6O3S3. The Kier molecular flexibility index (Phi) is 7.10. The normalized spacial score (nSPS) is 15.5. The van der Waals surface area contributed by atoms with Crippen LogP contribution in [0.3, 0.4) is 0 Å². The second-order valence-corrected chi connectivity index (χ2v) is 13.4. The number of benzene rings is 2. The third-order valence-corrected chi connectivity index (χ3v) is 10.3. The quantitative estimate of drug-likeness (QED) is 0.257. The molecule has 3 heterocycles. The van der Waals surface area contributed by atoms with Gasteiger partial charge in [-0.15, -0.1) is 21.5 Å². The summed E-state index contributed by atoms with van der Waals surface area (Å²) < 4.78 is 29.7. The predicted molar refractivity (Wildman–Crippen MR) is 154 cm³/mol. The van der Waals surface area contributed by atoms with Gasteiger partial charge in [0.05, 0.1) is 16.0 Å². The molecule has 12 heteroatoms. The maximum absolute atomic E-state index is 12.6. The molecule has 3 aromatic heterocycles. The number of thiophene rings is 1. The Morgan fingerprint density at radius 2 is 1.92 bits per heavy atom. The number of nitrogens with one attached hydrogen (secondary N) is 2. The van der Waals surface area contributed by atoms with Crippen LogP contribution in [0.2, 0.25) is 0 Å². The van der Waals surface area contributed by atoms with Crippen LogP contribution in [0, 0.1) is 5.92 Å². The molecular weight excluding hydrogens is 553 g/mol. The number of anilines is 1. The Balaban J connectivity index is 1.09. The molecule has 2 aromatic carbocycles. The van der Waals surface area contributed by atoms with Crippen molar-refractivity contribution in [3.8, 4) is 0 Å². The number of carbonyl (C=O) groups is 1. The molecule has 0 fully saturated rings. The van der Waals surface area contributed by atoms with E-state index in [1.165, 1.54) is 34.3 Å². The van der Waals surface area contributed by atoms with E-state index >= 15 is 0 Å². The van der Waals surface area contributed by atoms with Crippen LogP contribution in [0.25, 0.3) is 15.9 Å². The summed E-state index contributed by atoms with van der Waals surface area (Å²) in [6.45, 7) is 2.49. The maximum atomic E-state index is 12.6. The summed E-state index contributed by atoms with van der Waals surface area (Å²) in [5.41, 5.74) is 3.50. The number of aromatic nitrogens is 4. The number of amides is 1. The Morgan fingerprint density at radius 3 is 2.72 bits per heavy atom. The largest absolute Gasteiger partial charge is 0.325 e. The fourth-order valence-corrected chi connectivity index (χ4v) is 7.79. The van der Waals surface area contributed by atoms with Crippen LogP contribution in [0.15, 0.2) is 71.0 Å². The Hall–Kier alpha value is -3.32. The lowest BCUT2D eigenvalue weighted by molar-refractivity contribution is -0.113. The first-order valence-corrected chi connectivity index (χ1v) is 15.9. The minimum Gasteiger partial charge on any atom is -0.325 e. The second kappa shape index (κ2) is 10.7. The molecule has 6 rings (SSSR count). The molecule has 9 nitrogen and oxygen atoms in total.